The zero-order valence-electron chi connectivity index (χ0n) is 6.90. The molecular weight excluding hydrogens is 266 g/mol. The first kappa shape index (κ1) is 11.7. The van der Waals surface area contributed by atoms with Gasteiger partial charge < -0.3 is 0 Å². The van der Waals surface area contributed by atoms with Gasteiger partial charge in [-0.25, -0.2) is 0 Å². The normalized spacial score (nSPS) is 14.2. The molecule has 0 aliphatic rings. The van der Waals surface area contributed by atoms with E-state index in [1.165, 1.54) is 0 Å². The van der Waals surface area contributed by atoms with Gasteiger partial charge in [-0.1, -0.05) is 30.7 Å². The van der Waals surface area contributed by atoms with Crippen molar-refractivity contribution in [3.05, 3.63) is 34.9 Å². The lowest BCUT2D eigenvalue weighted by molar-refractivity contribution is 1.07. The van der Waals surface area contributed by atoms with Gasteiger partial charge in [0.25, 0.3) is 0 Å². The molecule has 0 fully saturated rings. The van der Waals surface area contributed by atoms with Crippen LogP contribution < -0.4 is 0 Å². The third-order valence-electron chi connectivity index (χ3n) is 1.84. The highest BCUT2D eigenvalue weighted by Crippen LogP contribution is 2.36. The molecule has 0 radical (unpaired) electrons. The van der Waals surface area contributed by atoms with Gasteiger partial charge in [0.15, 0.2) is 0 Å². The van der Waals surface area contributed by atoms with Gasteiger partial charge in [-0.3, -0.25) is 0 Å². The minimum atomic E-state index is -2.67. The maximum Gasteiger partial charge on any atom is 0.348 e. The van der Waals surface area contributed by atoms with Crippen molar-refractivity contribution in [1.29, 1.82) is 0 Å². The Balaban J connectivity index is 2.96. The van der Waals surface area contributed by atoms with Crippen molar-refractivity contribution < 1.29 is 0 Å². The number of rotatable bonds is 2. The lowest BCUT2D eigenvalue weighted by Crippen LogP contribution is -2.20. The molecule has 0 spiro atoms. The number of hydrogen-bond donors (Lipinski definition) is 0. The van der Waals surface area contributed by atoms with E-state index in [-0.39, 0.29) is 5.54 Å². The summed E-state index contributed by atoms with van der Waals surface area (Å²) in [6, 6.07) is 4.75. The average molecular weight is 274 g/mol. The lowest BCUT2D eigenvalue weighted by Gasteiger charge is -2.17. The Morgan fingerprint density at radius 3 is 2.31 bits per heavy atom. The Bertz CT molecular complexity index is 294. The highest BCUT2D eigenvalue weighted by Gasteiger charge is 2.34. The highest BCUT2D eigenvalue weighted by atomic mass is 35.8. The summed E-state index contributed by atoms with van der Waals surface area (Å²) in [5.41, 5.74) is 0.954. The van der Waals surface area contributed by atoms with Crippen LogP contribution in [0.5, 0.6) is 0 Å². The van der Waals surface area contributed by atoms with E-state index in [1.807, 2.05) is 25.1 Å². The second kappa shape index (κ2) is 4.41. The molecule has 1 aromatic carbocycles. The molecule has 0 saturated heterocycles. The van der Waals surface area contributed by atoms with Crippen LogP contribution in [0.1, 0.15) is 18.0 Å². The monoisotopic (exact) mass is 272 g/mol. The predicted octanol–water partition coefficient (Wildman–Crippen LogP) is 4.64. The minimum absolute atomic E-state index is 0.0313. The van der Waals surface area contributed by atoms with E-state index < -0.39 is 6.00 Å². The molecular formula is C8H8Cl4Si. The van der Waals surface area contributed by atoms with E-state index in [2.05, 4.69) is 0 Å². The molecule has 13 heavy (non-hydrogen) atoms. The second-order valence-corrected chi connectivity index (χ2v) is 12.3. The van der Waals surface area contributed by atoms with Gasteiger partial charge >= 0.3 is 6.00 Å². The van der Waals surface area contributed by atoms with Crippen LogP contribution >= 0.6 is 44.8 Å². The average Bonchev–Trinajstić information content (AvgIpc) is 2.01. The topological polar surface area (TPSA) is 0 Å². The van der Waals surface area contributed by atoms with Crippen molar-refractivity contribution in [3.8, 4) is 0 Å². The number of benzene rings is 1. The van der Waals surface area contributed by atoms with Crippen molar-refractivity contribution in [3.63, 3.8) is 0 Å². The Hall–Kier alpha value is 0.597. The number of hydrogen-bond acceptors (Lipinski definition) is 0. The molecule has 0 aliphatic carbocycles. The van der Waals surface area contributed by atoms with Gasteiger partial charge in [-0.05, 0) is 17.7 Å². The van der Waals surface area contributed by atoms with E-state index in [0.717, 1.165) is 5.56 Å². The zero-order valence-corrected chi connectivity index (χ0v) is 10.9. The summed E-state index contributed by atoms with van der Waals surface area (Å²) in [6.07, 6.45) is 0. The van der Waals surface area contributed by atoms with E-state index in [9.17, 15) is 0 Å². The van der Waals surface area contributed by atoms with Crippen LogP contribution in [0.4, 0.5) is 0 Å². The first-order chi connectivity index (χ1) is 5.91. The molecule has 0 aromatic heterocycles. The third kappa shape index (κ3) is 3.33. The van der Waals surface area contributed by atoms with E-state index in [1.54, 1.807) is 6.07 Å². The van der Waals surface area contributed by atoms with Gasteiger partial charge in [0.05, 0.1) is 0 Å². The van der Waals surface area contributed by atoms with E-state index in [4.69, 9.17) is 44.8 Å². The Kier molecular flexibility index (Phi) is 3.96. The fourth-order valence-electron chi connectivity index (χ4n) is 0.965. The summed E-state index contributed by atoms with van der Waals surface area (Å²) in [5, 5.41) is 0.674. The summed E-state index contributed by atoms with van der Waals surface area (Å²) < 4.78 is 0. The maximum atomic E-state index is 5.90. The summed E-state index contributed by atoms with van der Waals surface area (Å²) in [7, 11) is 0. The molecule has 0 N–H and O–H groups in total. The molecule has 0 bridgehead atoms. The lowest BCUT2D eigenvalue weighted by atomic mass is 10.2. The predicted molar refractivity (Wildman–Crippen MR) is 63.2 cm³/mol. The number of halogens is 4. The van der Waals surface area contributed by atoms with Gasteiger partial charge in [0, 0.05) is 10.6 Å². The molecule has 1 atom stereocenters. The molecule has 5 heteroatoms. The fourth-order valence-corrected chi connectivity index (χ4v) is 2.86. The van der Waals surface area contributed by atoms with Crippen molar-refractivity contribution in [1.82, 2.24) is 0 Å². The fraction of sp³-hybridized carbons (Fsp3) is 0.250. The summed E-state index contributed by atoms with van der Waals surface area (Å²) in [6.45, 7) is 1.91. The molecule has 0 nitrogen and oxygen atoms in total. The van der Waals surface area contributed by atoms with Crippen LogP contribution in [-0.2, 0) is 0 Å². The smallest absolute Gasteiger partial charge is 0.125 e. The molecule has 1 aromatic rings. The first-order valence-electron chi connectivity index (χ1n) is 3.73. The highest BCUT2D eigenvalue weighted by molar-refractivity contribution is 7.65. The van der Waals surface area contributed by atoms with Crippen LogP contribution in [0.2, 0.25) is 5.02 Å². The van der Waals surface area contributed by atoms with Crippen LogP contribution in [0.15, 0.2) is 24.3 Å². The first-order valence-corrected chi connectivity index (χ1v) is 9.22. The quantitative estimate of drug-likeness (QED) is 0.544. The summed E-state index contributed by atoms with van der Waals surface area (Å²) >= 11 is 23.5. The van der Waals surface area contributed by atoms with Crippen molar-refractivity contribution in [2.24, 2.45) is 0 Å². The third-order valence-corrected chi connectivity index (χ3v) is 6.34. The van der Waals surface area contributed by atoms with Crippen LogP contribution in [0, 0.1) is 0 Å². The Morgan fingerprint density at radius 1 is 1.23 bits per heavy atom. The summed E-state index contributed by atoms with van der Waals surface area (Å²) in [4.78, 5) is 0. The van der Waals surface area contributed by atoms with Crippen molar-refractivity contribution in [2.75, 3.05) is 0 Å². The van der Waals surface area contributed by atoms with Crippen LogP contribution in [-0.4, -0.2) is 6.00 Å². The van der Waals surface area contributed by atoms with Gasteiger partial charge in [0.2, 0.25) is 0 Å². The van der Waals surface area contributed by atoms with Gasteiger partial charge in [-0.2, -0.15) is 0 Å². The standard InChI is InChI=1S/C8H8Cl4Si/c1-6(13(10,11)12)7-3-2-4-8(9)5-7/h2-6H,1H3/t6-/m0/s1. The Labute approximate surface area is 97.9 Å². The van der Waals surface area contributed by atoms with Crippen LogP contribution in [0.3, 0.4) is 0 Å². The molecule has 0 heterocycles. The van der Waals surface area contributed by atoms with Crippen LogP contribution in [0.25, 0.3) is 0 Å². The van der Waals surface area contributed by atoms with Gasteiger partial charge in [0.1, 0.15) is 0 Å². The van der Waals surface area contributed by atoms with Crippen molar-refractivity contribution >= 4 is 50.8 Å². The largest absolute Gasteiger partial charge is 0.348 e. The minimum Gasteiger partial charge on any atom is -0.125 e. The SMILES string of the molecule is C[C@@H](c1cccc(Cl)c1)[Si](Cl)(Cl)Cl. The molecule has 0 unspecified atom stereocenters. The van der Waals surface area contributed by atoms with E-state index >= 15 is 0 Å². The maximum absolute atomic E-state index is 5.90. The molecule has 72 valence electrons. The zero-order chi connectivity index (χ0) is 10.1. The summed E-state index contributed by atoms with van der Waals surface area (Å²) in [5.74, 6) is 0. The Morgan fingerprint density at radius 2 is 1.85 bits per heavy atom. The molecule has 0 aliphatic heterocycles. The van der Waals surface area contributed by atoms with Crippen molar-refractivity contribution in [2.45, 2.75) is 12.5 Å². The molecule has 1 rings (SSSR count). The molecule has 0 amide bonds. The van der Waals surface area contributed by atoms with Gasteiger partial charge in [-0.15, -0.1) is 33.2 Å². The second-order valence-electron chi connectivity index (χ2n) is 2.82. The molecule has 0 saturated carbocycles. The van der Waals surface area contributed by atoms with E-state index in [0.29, 0.717) is 5.02 Å².